The second-order valence-corrected chi connectivity index (χ2v) is 5.36. The monoisotopic (exact) mass is 286 g/mol. The van der Waals surface area contributed by atoms with E-state index in [1.807, 2.05) is 55.4 Å². The lowest BCUT2D eigenvalue weighted by Gasteiger charge is -2.16. The molecule has 0 saturated carbocycles. The zero-order valence-corrected chi connectivity index (χ0v) is 12.8. The molecule has 2 rings (SSSR count). The van der Waals surface area contributed by atoms with E-state index < -0.39 is 6.10 Å². The third-order valence-electron chi connectivity index (χ3n) is 3.26. The fourth-order valence-electron chi connectivity index (χ4n) is 2.04. The molecular weight excluding hydrogens is 264 g/mol. The maximum Gasteiger partial charge on any atom is 0.260 e. The normalized spacial score (nSPS) is 12.4. The van der Waals surface area contributed by atoms with Crippen LogP contribution in [0.1, 0.15) is 6.92 Å². The van der Waals surface area contributed by atoms with Gasteiger partial charge in [0.25, 0.3) is 5.91 Å². The lowest BCUT2D eigenvalue weighted by Crippen LogP contribution is -2.39. The molecule has 0 aromatic heterocycles. The number of benzene rings is 2. The summed E-state index contributed by atoms with van der Waals surface area (Å²) in [4.78, 5) is 14.0. The molecule has 0 aliphatic rings. The second-order valence-electron chi connectivity index (χ2n) is 5.36. The molecule has 1 amide bonds. The average Bonchev–Trinajstić information content (AvgIpc) is 2.46. The first kappa shape index (κ1) is 15.3. The summed E-state index contributed by atoms with van der Waals surface area (Å²) in [7, 11) is 3.95. The van der Waals surface area contributed by atoms with Gasteiger partial charge in [0.1, 0.15) is 5.75 Å². The van der Waals surface area contributed by atoms with Crippen molar-refractivity contribution in [3.63, 3.8) is 0 Å². The van der Waals surface area contributed by atoms with Gasteiger partial charge in [0, 0.05) is 13.1 Å². The summed E-state index contributed by atoms with van der Waals surface area (Å²) < 4.78 is 5.72. The molecular formula is C17H22N2O2. The van der Waals surface area contributed by atoms with Crippen molar-refractivity contribution in [3.05, 3.63) is 42.5 Å². The Balaban J connectivity index is 1.94. The van der Waals surface area contributed by atoms with Crippen molar-refractivity contribution in [2.24, 2.45) is 0 Å². The van der Waals surface area contributed by atoms with Crippen LogP contribution < -0.4 is 10.1 Å². The van der Waals surface area contributed by atoms with Crippen LogP contribution >= 0.6 is 0 Å². The van der Waals surface area contributed by atoms with Crippen molar-refractivity contribution >= 4 is 16.7 Å². The first-order valence-corrected chi connectivity index (χ1v) is 7.14. The number of nitrogens with zero attached hydrogens (tertiary/aromatic N) is 1. The molecule has 2 aromatic rings. The van der Waals surface area contributed by atoms with E-state index in [9.17, 15) is 4.79 Å². The number of carbonyl (C=O) groups excluding carboxylic acids is 1. The van der Waals surface area contributed by atoms with Gasteiger partial charge in [0.15, 0.2) is 6.10 Å². The van der Waals surface area contributed by atoms with Gasteiger partial charge in [-0.15, -0.1) is 0 Å². The third kappa shape index (κ3) is 4.46. The summed E-state index contributed by atoms with van der Waals surface area (Å²) in [5.74, 6) is 0.619. The molecule has 4 heteroatoms. The van der Waals surface area contributed by atoms with Crippen LogP contribution in [0, 0.1) is 0 Å². The van der Waals surface area contributed by atoms with Crippen LogP contribution in [0.2, 0.25) is 0 Å². The molecule has 0 fully saturated rings. The number of fused-ring (bicyclic) bond motifs is 1. The smallest absolute Gasteiger partial charge is 0.260 e. The topological polar surface area (TPSA) is 41.6 Å². The number of ether oxygens (including phenoxy) is 1. The molecule has 0 aliphatic carbocycles. The Bertz CT molecular complexity index is 611. The van der Waals surface area contributed by atoms with E-state index in [0.717, 1.165) is 17.3 Å². The van der Waals surface area contributed by atoms with Gasteiger partial charge in [-0.05, 0) is 43.9 Å². The number of hydrogen-bond donors (Lipinski definition) is 1. The number of nitrogens with one attached hydrogen (secondary N) is 1. The van der Waals surface area contributed by atoms with Crippen LogP contribution in [0.25, 0.3) is 10.8 Å². The quantitative estimate of drug-likeness (QED) is 0.886. The summed E-state index contributed by atoms with van der Waals surface area (Å²) in [6.07, 6.45) is -0.506. The highest BCUT2D eigenvalue weighted by molar-refractivity contribution is 5.84. The van der Waals surface area contributed by atoms with Crippen molar-refractivity contribution < 1.29 is 9.53 Å². The number of likely N-dealkylation sites (N-methyl/N-ethyl adjacent to an activating group) is 1. The Labute approximate surface area is 125 Å². The van der Waals surface area contributed by atoms with Crippen molar-refractivity contribution in [1.82, 2.24) is 10.2 Å². The highest BCUT2D eigenvalue weighted by Crippen LogP contribution is 2.21. The molecule has 4 nitrogen and oxygen atoms in total. The van der Waals surface area contributed by atoms with Crippen LogP contribution in [0.4, 0.5) is 0 Å². The van der Waals surface area contributed by atoms with E-state index in [1.165, 1.54) is 0 Å². The third-order valence-corrected chi connectivity index (χ3v) is 3.26. The van der Waals surface area contributed by atoms with Gasteiger partial charge in [0.2, 0.25) is 0 Å². The lowest BCUT2D eigenvalue weighted by molar-refractivity contribution is -0.127. The van der Waals surface area contributed by atoms with E-state index in [4.69, 9.17) is 4.74 Å². The number of carbonyl (C=O) groups is 1. The summed E-state index contributed by atoms with van der Waals surface area (Å²) in [6, 6.07) is 13.9. The van der Waals surface area contributed by atoms with E-state index in [1.54, 1.807) is 6.92 Å². The molecule has 0 radical (unpaired) electrons. The maximum absolute atomic E-state index is 11.9. The van der Waals surface area contributed by atoms with Gasteiger partial charge in [-0.3, -0.25) is 4.79 Å². The first-order valence-electron chi connectivity index (χ1n) is 7.14. The molecule has 0 spiro atoms. The largest absolute Gasteiger partial charge is 0.481 e. The predicted octanol–water partition coefficient (Wildman–Crippen LogP) is 2.28. The summed E-state index contributed by atoms with van der Waals surface area (Å²) in [5.41, 5.74) is 0. The van der Waals surface area contributed by atoms with E-state index in [2.05, 4.69) is 11.4 Å². The predicted molar refractivity (Wildman–Crippen MR) is 85.6 cm³/mol. The van der Waals surface area contributed by atoms with E-state index >= 15 is 0 Å². The van der Waals surface area contributed by atoms with Gasteiger partial charge >= 0.3 is 0 Å². The second kappa shape index (κ2) is 7.09. The first-order chi connectivity index (χ1) is 10.1. The van der Waals surface area contributed by atoms with Crippen molar-refractivity contribution in [3.8, 4) is 5.75 Å². The number of hydrogen-bond acceptors (Lipinski definition) is 3. The van der Waals surface area contributed by atoms with Gasteiger partial charge in [-0.1, -0.05) is 30.3 Å². The Morgan fingerprint density at radius 3 is 2.62 bits per heavy atom. The zero-order valence-electron chi connectivity index (χ0n) is 12.8. The minimum atomic E-state index is -0.506. The van der Waals surface area contributed by atoms with Crippen molar-refractivity contribution in [1.29, 1.82) is 0 Å². The maximum atomic E-state index is 11.9. The minimum absolute atomic E-state index is 0.0926. The molecule has 0 unspecified atom stereocenters. The summed E-state index contributed by atoms with van der Waals surface area (Å²) in [5, 5.41) is 5.13. The molecule has 1 N–H and O–H groups in total. The standard InChI is InChI=1S/C17H22N2O2/c1-13(17(20)18-10-11-19(2)3)21-16-9-8-14-6-4-5-7-15(14)12-16/h4-9,12-13H,10-11H2,1-3H3,(H,18,20)/t13-/m0/s1. The van der Waals surface area contributed by atoms with Crippen molar-refractivity contribution in [2.45, 2.75) is 13.0 Å². The van der Waals surface area contributed by atoms with Crippen molar-refractivity contribution in [2.75, 3.05) is 27.2 Å². The summed E-state index contributed by atoms with van der Waals surface area (Å²) >= 11 is 0. The summed E-state index contributed by atoms with van der Waals surface area (Å²) in [6.45, 7) is 3.20. The minimum Gasteiger partial charge on any atom is -0.481 e. The fraction of sp³-hybridized carbons (Fsp3) is 0.353. The van der Waals surface area contributed by atoms with E-state index in [0.29, 0.717) is 12.3 Å². The van der Waals surface area contributed by atoms with E-state index in [-0.39, 0.29) is 5.91 Å². The fourth-order valence-corrected chi connectivity index (χ4v) is 2.04. The Kier molecular flexibility index (Phi) is 5.17. The highest BCUT2D eigenvalue weighted by Gasteiger charge is 2.14. The van der Waals surface area contributed by atoms with Gasteiger partial charge in [0.05, 0.1) is 0 Å². The molecule has 0 aliphatic heterocycles. The highest BCUT2D eigenvalue weighted by atomic mass is 16.5. The molecule has 2 aromatic carbocycles. The number of amides is 1. The van der Waals surface area contributed by atoms with Gasteiger partial charge < -0.3 is 15.0 Å². The Hall–Kier alpha value is -2.07. The lowest BCUT2D eigenvalue weighted by atomic mass is 10.1. The van der Waals surface area contributed by atoms with Crippen LogP contribution in [-0.4, -0.2) is 44.1 Å². The SMILES string of the molecule is C[C@H](Oc1ccc2ccccc2c1)C(=O)NCCN(C)C. The molecule has 112 valence electrons. The van der Waals surface area contributed by atoms with Gasteiger partial charge in [-0.25, -0.2) is 0 Å². The average molecular weight is 286 g/mol. The van der Waals surface area contributed by atoms with Crippen LogP contribution in [0.3, 0.4) is 0 Å². The molecule has 0 heterocycles. The van der Waals surface area contributed by atoms with Crippen LogP contribution in [-0.2, 0) is 4.79 Å². The van der Waals surface area contributed by atoms with Crippen LogP contribution in [0.15, 0.2) is 42.5 Å². The Morgan fingerprint density at radius 1 is 1.19 bits per heavy atom. The molecule has 0 saturated heterocycles. The Morgan fingerprint density at radius 2 is 1.90 bits per heavy atom. The molecule has 1 atom stereocenters. The van der Waals surface area contributed by atoms with Crippen LogP contribution in [0.5, 0.6) is 5.75 Å². The number of rotatable bonds is 6. The molecule has 0 bridgehead atoms. The molecule has 21 heavy (non-hydrogen) atoms. The van der Waals surface area contributed by atoms with Gasteiger partial charge in [-0.2, -0.15) is 0 Å². The zero-order chi connectivity index (χ0) is 15.2.